The third-order valence-electron chi connectivity index (χ3n) is 5.77. The average molecular weight is 517 g/mol. The molecule has 180 valence electrons. The number of amides is 1. The summed E-state index contributed by atoms with van der Waals surface area (Å²) in [5.74, 6) is -1.75. The number of hydrogen-bond acceptors (Lipinski definition) is 5. The number of sulfonamides is 1. The van der Waals surface area contributed by atoms with Gasteiger partial charge in [0.25, 0.3) is 0 Å². The summed E-state index contributed by atoms with van der Waals surface area (Å²) in [7, 11) is -7.08. The molecule has 7 nitrogen and oxygen atoms in total. The number of nitrogens with one attached hydrogen (secondary N) is 1. The summed E-state index contributed by atoms with van der Waals surface area (Å²) in [5.41, 5.74) is 0.701. The Bertz CT molecular complexity index is 1210. The van der Waals surface area contributed by atoms with Gasteiger partial charge in [-0.1, -0.05) is 29.8 Å². The topological polar surface area (TPSA) is 101 Å². The van der Waals surface area contributed by atoms with Gasteiger partial charge in [0.05, 0.1) is 16.7 Å². The van der Waals surface area contributed by atoms with Crippen LogP contribution in [0.4, 0.5) is 4.39 Å². The molecule has 1 N–H and O–H groups in total. The summed E-state index contributed by atoms with van der Waals surface area (Å²) in [5, 5.41) is 2.97. The van der Waals surface area contributed by atoms with Gasteiger partial charge in [0, 0.05) is 35.8 Å². The van der Waals surface area contributed by atoms with Gasteiger partial charge in [-0.3, -0.25) is 4.79 Å². The lowest BCUT2D eigenvalue weighted by Crippen LogP contribution is -2.43. The lowest BCUT2D eigenvalue weighted by molar-refractivity contribution is -0.126. The summed E-state index contributed by atoms with van der Waals surface area (Å²) in [6.45, 7) is 2.11. The highest BCUT2D eigenvalue weighted by molar-refractivity contribution is 7.90. The zero-order chi connectivity index (χ0) is 24.4. The van der Waals surface area contributed by atoms with Crippen LogP contribution in [0.1, 0.15) is 36.9 Å². The van der Waals surface area contributed by atoms with Gasteiger partial charge in [0.2, 0.25) is 15.9 Å². The fourth-order valence-electron chi connectivity index (χ4n) is 3.76. The van der Waals surface area contributed by atoms with E-state index in [0.29, 0.717) is 12.8 Å². The highest BCUT2D eigenvalue weighted by Gasteiger charge is 2.32. The third kappa shape index (κ3) is 6.32. The smallest absolute Gasteiger partial charge is 0.223 e. The Balaban J connectivity index is 1.57. The molecule has 11 heteroatoms. The van der Waals surface area contributed by atoms with Crippen LogP contribution in [0.15, 0.2) is 47.4 Å². The molecule has 0 aromatic heterocycles. The minimum atomic E-state index is -3.78. The first kappa shape index (κ1) is 25.6. The standard InChI is InChI=1S/C22H26ClFN2O5S2/c1-15(16-6-8-18(9-7-16)32(2,28)29)25-22(27)17-10-12-26(13-11-17)33(30,31)14-19-20(23)4-3-5-21(19)24/h3-9,15,17H,10-14H2,1-2H3,(H,25,27). The average Bonchev–Trinajstić information content (AvgIpc) is 2.76. The molecular weight excluding hydrogens is 491 g/mol. The molecule has 1 aliphatic heterocycles. The molecule has 0 aliphatic carbocycles. The maximum absolute atomic E-state index is 14.0. The molecule has 0 bridgehead atoms. The van der Waals surface area contributed by atoms with Crippen LogP contribution in [-0.2, 0) is 30.4 Å². The van der Waals surface area contributed by atoms with Crippen LogP contribution in [0, 0.1) is 11.7 Å². The lowest BCUT2D eigenvalue weighted by Gasteiger charge is -2.31. The summed E-state index contributed by atoms with van der Waals surface area (Å²) in [4.78, 5) is 12.9. The van der Waals surface area contributed by atoms with Crippen LogP contribution in [0.25, 0.3) is 0 Å². The van der Waals surface area contributed by atoms with Gasteiger partial charge in [0.1, 0.15) is 5.82 Å². The largest absolute Gasteiger partial charge is 0.349 e. The molecule has 2 aromatic rings. The van der Waals surface area contributed by atoms with Crippen LogP contribution in [-0.4, -0.2) is 46.4 Å². The van der Waals surface area contributed by atoms with Crippen LogP contribution in [0.5, 0.6) is 0 Å². The fraction of sp³-hybridized carbons (Fsp3) is 0.409. The van der Waals surface area contributed by atoms with Crippen molar-refractivity contribution in [3.63, 3.8) is 0 Å². The van der Waals surface area contributed by atoms with E-state index in [1.54, 1.807) is 19.1 Å². The van der Waals surface area contributed by atoms with E-state index in [9.17, 15) is 26.0 Å². The van der Waals surface area contributed by atoms with Crippen LogP contribution in [0.2, 0.25) is 5.02 Å². The normalized spacial score (nSPS) is 17.0. The van der Waals surface area contributed by atoms with E-state index in [1.165, 1.54) is 34.6 Å². The minimum absolute atomic E-state index is 0.0604. The molecule has 1 amide bonds. The molecule has 0 radical (unpaired) electrons. The molecule has 2 aromatic carbocycles. The second-order valence-electron chi connectivity index (χ2n) is 8.20. The Kier molecular flexibility index (Phi) is 7.83. The molecule has 1 unspecified atom stereocenters. The van der Waals surface area contributed by atoms with Gasteiger partial charge < -0.3 is 5.32 Å². The fourth-order valence-corrected chi connectivity index (χ4v) is 6.31. The maximum Gasteiger partial charge on any atom is 0.223 e. The quantitative estimate of drug-likeness (QED) is 0.608. The molecule has 1 fully saturated rings. The van der Waals surface area contributed by atoms with Crippen LogP contribution in [0.3, 0.4) is 0 Å². The van der Waals surface area contributed by atoms with Crippen molar-refractivity contribution in [1.29, 1.82) is 0 Å². The van der Waals surface area contributed by atoms with Gasteiger partial charge in [-0.05, 0) is 49.6 Å². The number of carbonyl (C=O) groups is 1. The van der Waals surface area contributed by atoms with Crippen molar-refractivity contribution in [2.45, 2.75) is 36.5 Å². The van der Waals surface area contributed by atoms with Crippen molar-refractivity contribution < 1.29 is 26.0 Å². The van der Waals surface area contributed by atoms with Gasteiger partial charge in [-0.25, -0.2) is 25.5 Å². The van der Waals surface area contributed by atoms with E-state index in [4.69, 9.17) is 11.6 Å². The second-order valence-corrected chi connectivity index (χ2v) is 12.6. The van der Waals surface area contributed by atoms with Gasteiger partial charge in [-0.15, -0.1) is 0 Å². The molecule has 33 heavy (non-hydrogen) atoms. The van der Waals surface area contributed by atoms with E-state index < -0.39 is 31.4 Å². The molecule has 1 atom stereocenters. The van der Waals surface area contributed by atoms with Gasteiger partial charge >= 0.3 is 0 Å². The van der Waals surface area contributed by atoms with E-state index >= 15 is 0 Å². The van der Waals surface area contributed by atoms with Crippen molar-refractivity contribution in [3.8, 4) is 0 Å². The first-order valence-electron chi connectivity index (χ1n) is 10.4. The van der Waals surface area contributed by atoms with Crippen molar-refractivity contribution in [3.05, 3.63) is 64.4 Å². The van der Waals surface area contributed by atoms with Crippen LogP contribution >= 0.6 is 11.6 Å². The van der Waals surface area contributed by atoms with Crippen molar-refractivity contribution >= 4 is 37.4 Å². The van der Waals surface area contributed by atoms with E-state index in [1.807, 2.05) is 0 Å². The Morgan fingerprint density at radius 3 is 2.27 bits per heavy atom. The van der Waals surface area contributed by atoms with Gasteiger partial charge in [-0.2, -0.15) is 0 Å². The Morgan fingerprint density at radius 2 is 1.73 bits per heavy atom. The zero-order valence-electron chi connectivity index (χ0n) is 18.3. The van der Waals surface area contributed by atoms with E-state index in [2.05, 4.69) is 5.32 Å². The number of hydrogen-bond donors (Lipinski definition) is 1. The predicted octanol–water partition coefficient (Wildman–Crippen LogP) is 3.30. The number of nitrogens with zero attached hydrogens (tertiary/aromatic N) is 1. The Hall–Kier alpha value is -2.01. The summed E-state index contributed by atoms with van der Waals surface area (Å²) in [6.07, 6.45) is 1.82. The van der Waals surface area contributed by atoms with Crippen molar-refractivity contribution in [2.24, 2.45) is 5.92 Å². The monoisotopic (exact) mass is 516 g/mol. The molecule has 3 rings (SSSR count). The third-order valence-corrected chi connectivity index (χ3v) is 9.06. The SMILES string of the molecule is CC(NC(=O)C1CCN(S(=O)(=O)Cc2c(F)cccc2Cl)CC1)c1ccc(S(C)(=O)=O)cc1. The first-order chi connectivity index (χ1) is 15.4. The summed E-state index contributed by atoms with van der Waals surface area (Å²) in [6, 6.07) is 10.0. The highest BCUT2D eigenvalue weighted by atomic mass is 35.5. The maximum atomic E-state index is 14.0. The molecule has 1 saturated heterocycles. The number of piperidine rings is 1. The molecular formula is C22H26ClFN2O5S2. The second kappa shape index (κ2) is 10.1. The van der Waals surface area contributed by atoms with Crippen molar-refractivity contribution in [2.75, 3.05) is 19.3 Å². The van der Waals surface area contributed by atoms with E-state index in [-0.39, 0.29) is 46.4 Å². The number of benzene rings is 2. The zero-order valence-corrected chi connectivity index (χ0v) is 20.7. The minimum Gasteiger partial charge on any atom is -0.349 e. The van der Waals surface area contributed by atoms with Gasteiger partial charge in [0.15, 0.2) is 9.84 Å². The highest BCUT2D eigenvalue weighted by Crippen LogP contribution is 2.26. The molecule has 0 saturated carbocycles. The molecule has 1 aliphatic rings. The molecule has 1 heterocycles. The number of carbonyl (C=O) groups excluding carboxylic acids is 1. The summed E-state index contributed by atoms with van der Waals surface area (Å²) >= 11 is 5.96. The lowest BCUT2D eigenvalue weighted by atomic mass is 9.96. The number of halogens is 2. The first-order valence-corrected chi connectivity index (χ1v) is 14.3. The Labute approximate surface area is 198 Å². The number of rotatable bonds is 7. The van der Waals surface area contributed by atoms with E-state index in [0.717, 1.165) is 11.8 Å². The number of sulfone groups is 1. The summed E-state index contributed by atoms with van der Waals surface area (Å²) < 4.78 is 64.0. The van der Waals surface area contributed by atoms with Crippen molar-refractivity contribution in [1.82, 2.24) is 9.62 Å². The van der Waals surface area contributed by atoms with Crippen LogP contribution < -0.4 is 5.32 Å². The molecule has 0 spiro atoms. The predicted molar refractivity (Wildman–Crippen MR) is 124 cm³/mol. The Morgan fingerprint density at radius 1 is 1.12 bits per heavy atom.